The Morgan fingerprint density at radius 3 is 2.53 bits per heavy atom. The molecule has 0 spiro atoms. The van der Waals surface area contributed by atoms with Gasteiger partial charge in [-0.05, 0) is 48.2 Å². The monoisotopic (exact) mass is 458 g/mol. The first-order valence-electron chi connectivity index (χ1n) is 10.9. The van der Waals surface area contributed by atoms with Crippen molar-refractivity contribution in [2.45, 2.75) is 26.7 Å². The van der Waals surface area contributed by atoms with Crippen molar-refractivity contribution in [2.24, 2.45) is 0 Å². The number of nitrogens with one attached hydrogen (secondary N) is 2. The van der Waals surface area contributed by atoms with Crippen molar-refractivity contribution in [2.75, 3.05) is 23.0 Å². The van der Waals surface area contributed by atoms with Crippen LogP contribution in [-0.2, 0) is 4.74 Å². The maximum atomic E-state index is 12.6. The zero-order valence-corrected chi connectivity index (χ0v) is 19.2. The van der Waals surface area contributed by atoms with Gasteiger partial charge in [0.25, 0.3) is 0 Å². The van der Waals surface area contributed by atoms with Crippen LogP contribution in [0.15, 0.2) is 61.1 Å². The fourth-order valence-electron chi connectivity index (χ4n) is 3.68. The van der Waals surface area contributed by atoms with Gasteiger partial charge in [0.05, 0.1) is 12.2 Å². The van der Waals surface area contributed by atoms with Gasteiger partial charge in [-0.25, -0.2) is 19.1 Å². The van der Waals surface area contributed by atoms with Crippen LogP contribution in [0.4, 0.5) is 22.0 Å². The topological polar surface area (TPSA) is 124 Å². The van der Waals surface area contributed by atoms with Gasteiger partial charge in [0, 0.05) is 23.1 Å². The normalized spacial score (nSPS) is 10.9. The van der Waals surface area contributed by atoms with E-state index < -0.39 is 5.97 Å². The molecular formula is C25H26N6O3. The van der Waals surface area contributed by atoms with Crippen molar-refractivity contribution in [3.05, 3.63) is 72.2 Å². The Labute approximate surface area is 197 Å². The highest BCUT2D eigenvalue weighted by molar-refractivity contribution is 6.05. The van der Waals surface area contributed by atoms with Crippen molar-refractivity contribution in [3.8, 4) is 11.1 Å². The van der Waals surface area contributed by atoms with Crippen LogP contribution in [0.3, 0.4) is 0 Å². The Balaban J connectivity index is 1.58. The second kappa shape index (κ2) is 9.62. The number of anilines is 3. The summed E-state index contributed by atoms with van der Waals surface area (Å²) < 4.78 is 6.72. The van der Waals surface area contributed by atoms with E-state index in [1.165, 1.54) is 10.8 Å². The second-order valence-electron chi connectivity index (χ2n) is 8.01. The molecule has 0 saturated heterocycles. The molecule has 4 N–H and O–H groups in total. The van der Waals surface area contributed by atoms with Crippen LogP contribution in [0.2, 0.25) is 0 Å². The number of hydrogen-bond acceptors (Lipinski definition) is 6. The number of nitrogens with two attached hydrogens (primary N) is 1. The maximum Gasteiger partial charge on any atom is 0.340 e. The standard InChI is InChI=1S/C25H26N6O3/c1-4-34-24(32)20-13-31-22(23(26)27-14-28-31)21(20)16-8-10-18(11-9-16)29-25(33)30-19-7-5-6-17(12-19)15(2)3/h5-15H,4H2,1-3H3,(H2,26,27,28)(H2,29,30,33). The molecule has 2 heterocycles. The molecule has 2 aromatic heterocycles. The van der Waals surface area contributed by atoms with Gasteiger partial charge in [-0.2, -0.15) is 5.10 Å². The van der Waals surface area contributed by atoms with Crippen LogP contribution < -0.4 is 16.4 Å². The molecule has 0 unspecified atom stereocenters. The largest absolute Gasteiger partial charge is 0.462 e. The molecule has 0 fully saturated rings. The molecule has 34 heavy (non-hydrogen) atoms. The average molecular weight is 459 g/mol. The molecule has 0 aliphatic rings. The fourth-order valence-corrected chi connectivity index (χ4v) is 3.68. The minimum atomic E-state index is -0.479. The molecule has 4 rings (SSSR count). The van der Waals surface area contributed by atoms with Crippen molar-refractivity contribution >= 4 is 34.7 Å². The Morgan fingerprint density at radius 2 is 1.82 bits per heavy atom. The zero-order valence-electron chi connectivity index (χ0n) is 19.2. The fraction of sp³-hybridized carbons (Fsp3) is 0.200. The Hall–Kier alpha value is -4.40. The van der Waals surface area contributed by atoms with Crippen LogP contribution in [-0.4, -0.2) is 33.2 Å². The average Bonchev–Trinajstić information content (AvgIpc) is 3.21. The van der Waals surface area contributed by atoms with E-state index in [1.54, 1.807) is 37.4 Å². The van der Waals surface area contributed by atoms with Crippen molar-refractivity contribution < 1.29 is 14.3 Å². The van der Waals surface area contributed by atoms with Crippen molar-refractivity contribution in [1.82, 2.24) is 14.6 Å². The van der Waals surface area contributed by atoms with Crippen LogP contribution in [0, 0.1) is 0 Å². The molecule has 2 aromatic carbocycles. The van der Waals surface area contributed by atoms with Gasteiger partial charge in [0.15, 0.2) is 5.82 Å². The Kier molecular flexibility index (Phi) is 6.44. The van der Waals surface area contributed by atoms with E-state index in [1.807, 2.05) is 24.3 Å². The first kappa shape index (κ1) is 22.8. The van der Waals surface area contributed by atoms with Crippen LogP contribution in [0.1, 0.15) is 42.6 Å². The quantitative estimate of drug-likeness (QED) is 0.352. The number of benzene rings is 2. The van der Waals surface area contributed by atoms with Gasteiger partial charge in [0.2, 0.25) is 0 Å². The van der Waals surface area contributed by atoms with E-state index >= 15 is 0 Å². The summed E-state index contributed by atoms with van der Waals surface area (Å²) in [5.74, 6) is 0.125. The van der Waals surface area contributed by atoms with Gasteiger partial charge < -0.3 is 21.1 Å². The molecule has 4 aromatic rings. The van der Waals surface area contributed by atoms with Gasteiger partial charge in [-0.3, -0.25) is 0 Å². The van der Waals surface area contributed by atoms with E-state index in [-0.39, 0.29) is 18.5 Å². The zero-order chi connectivity index (χ0) is 24.2. The molecule has 0 bridgehead atoms. The van der Waals surface area contributed by atoms with Gasteiger partial charge in [-0.15, -0.1) is 0 Å². The number of amides is 2. The van der Waals surface area contributed by atoms with Gasteiger partial charge in [-0.1, -0.05) is 38.1 Å². The van der Waals surface area contributed by atoms with E-state index in [9.17, 15) is 9.59 Å². The maximum absolute atomic E-state index is 12.6. The van der Waals surface area contributed by atoms with Gasteiger partial charge >= 0.3 is 12.0 Å². The van der Waals surface area contributed by atoms with Gasteiger partial charge in [0.1, 0.15) is 11.8 Å². The van der Waals surface area contributed by atoms with Crippen LogP contribution >= 0.6 is 0 Å². The second-order valence-corrected chi connectivity index (χ2v) is 8.01. The van der Waals surface area contributed by atoms with E-state index in [2.05, 4.69) is 34.6 Å². The predicted molar refractivity (Wildman–Crippen MR) is 132 cm³/mol. The summed E-state index contributed by atoms with van der Waals surface area (Å²) in [6.45, 7) is 6.18. The number of hydrogen-bond donors (Lipinski definition) is 3. The van der Waals surface area contributed by atoms with Crippen molar-refractivity contribution in [3.63, 3.8) is 0 Å². The molecule has 174 valence electrons. The summed E-state index contributed by atoms with van der Waals surface area (Å²) in [6.07, 6.45) is 2.90. The van der Waals surface area contributed by atoms with Crippen LogP contribution in [0.25, 0.3) is 16.6 Å². The lowest BCUT2D eigenvalue weighted by molar-refractivity contribution is 0.0527. The Morgan fingerprint density at radius 1 is 1.09 bits per heavy atom. The molecule has 9 nitrogen and oxygen atoms in total. The number of carbonyl (C=O) groups is 2. The molecule has 9 heteroatoms. The highest BCUT2D eigenvalue weighted by Gasteiger charge is 2.22. The minimum Gasteiger partial charge on any atom is -0.462 e. The number of urea groups is 1. The van der Waals surface area contributed by atoms with E-state index in [0.717, 1.165) is 11.3 Å². The summed E-state index contributed by atoms with van der Waals surface area (Å²) in [6, 6.07) is 14.5. The van der Waals surface area contributed by atoms with Crippen molar-refractivity contribution in [1.29, 1.82) is 0 Å². The first-order chi connectivity index (χ1) is 16.4. The molecular weight excluding hydrogens is 432 g/mol. The molecule has 0 atom stereocenters. The minimum absolute atomic E-state index is 0.240. The summed E-state index contributed by atoms with van der Waals surface area (Å²) in [4.78, 5) is 29.1. The number of fused-ring (bicyclic) bond motifs is 1. The number of aromatic nitrogens is 3. The molecule has 2 amide bonds. The molecule has 0 saturated carbocycles. The number of nitrogen functional groups attached to an aromatic ring is 1. The third kappa shape index (κ3) is 4.68. The summed E-state index contributed by atoms with van der Waals surface area (Å²) in [5.41, 5.74) is 10.7. The van der Waals surface area contributed by atoms with E-state index in [0.29, 0.717) is 33.8 Å². The summed E-state index contributed by atoms with van der Waals surface area (Å²) in [5, 5.41) is 9.83. The van der Waals surface area contributed by atoms with E-state index in [4.69, 9.17) is 10.5 Å². The van der Waals surface area contributed by atoms with Crippen LogP contribution in [0.5, 0.6) is 0 Å². The molecule has 0 radical (unpaired) electrons. The lowest BCUT2D eigenvalue weighted by Gasteiger charge is -2.11. The smallest absolute Gasteiger partial charge is 0.340 e. The molecule has 0 aliphatic heterocycles. The Bertz CT molecular complexity index is 1340. The molecule has 0 aliphatic carbocycles. The lowest BCUT2D eigenvalue weighted by atomic mass is 10.0. The number of esters is 1. The summed E-state index contributed by atoms with van der Waals surface area (Å²) in [7, 11) is 0. The highest BCUT2D eigenvalue weighted by atomic mass is 16.5. The number of ether oxygens (including phenoxy) is 1. The first-order valence-corrected chi connectivity index (χ1v) is 10.9. The summed E-state index contributed by atoms with van der Waals surface area (Å²) >= 11 is 0. The number of rotatable bonds is 6. The third-order valence-corrected chi connectivity index (χ3v) is 5.34. The predicted octanol–water partition coefficient (Wildman–Crippen LogP) is 4.92. The number of carbonyl (C=O) groups excluding carboxylic acids is 2. The third-order valence-electron chi connectivity index (χ3n) is 5.34. The SMILES string of the molecule is CCOC(=O)c1cn2ncnc(N)c2c1-c1ccc(NC(=O)Nc2cccc(C(C)C)c2)cc1. The lowest BCUT2D eigenvalue weighted by Crippen LogP contribution is -2.19. The number of nitrogens with zero attached hydrogens (tertiary/aromatic N) is 3. The highest BCUT2D eigenvalue weighted by Crippen LogP contribution is 2.33.